The molecule has 0 aliphatic carbocycles. The second-order valence-electron chi connectivity index (χ2n) is 7.78. The summed E-state index contributed by atoms with van der Waals surface area (Å²) in [6.07, 6.45) is 2.43. The van der Waals surface area contributed by atoms with Gasteiger partial charge in [0.25, 0.3) is 0 Å². The highest BCUT2D eigenvalue weighted by Crippen LogP contribution is 2.27. The molecule has 136 valence electrons. The van der Waals surface area contributed by atoms with Crippen molar-refractivity contribution in [1.82, 2.24) is 24.6 Å². The lowest BCUT2D eigenvalue weighted by Gasteiger charge is -2.32. The van der Waals surface area contributed by atoms with Gasteiger partial charge in [-0.3, -0.25) is 4.90 Å². The van der Waals surface area contributed by atoms with E-state index < -0.39 is 0 Å². The number of piperidine rings is 1. The van der Waals surface area contributed by atoms with Crippen molar-refractivity contribution in [3.8, 4) is 0 Å². The lowest BCUT2D eigenvalue weighted by atomic mass is 9.96. The Morgan fingerprint density at radius 2 is 2.00 bits per heavy atom. The summed E-state index contributed by atoms with van der Waals surface area (Å²) in [6.45, 7) is 8.49. The molecule has 2 heterocycles. The molecule has 0 saturated carbocycles. The van der Waals surface area contributed by atoms with E-state index in [1.807, 2.05) is 0 Å². The molecule has 1 atom stereocenters. The Morgan fingerprint density at radius 3 is 2.72 bits per heavy atom. The molecule has 0 radical (unpaired) electrons. The topological polar surface area (TPSA) is 37.2 Å². The zero-order valence-electron chi connectivity index (χ0n) is 16.3. The van der Waals surface area contributed by atoms with Gasteiger partial charge in [0.15, 0.2) is 0 Å². The van der Waals surface area contributed by atoms with Crippen LogP contribution in [0, 0.1) is 13.8 Å². The molecule has 0 spiro atoms. The van der Waals surface area contributed by atoms with E-state index >= 15 is 0 Å². The summed E-state index contributed by atoms with van der Waals surface area (Å²) in [6, 6.07) is 6.79. The summed E-state index contributed by atoms with van der Waals surface area (Å²) in [5.41, 5.74) is 4.18. The Morgan fingerprint density at radius 1 is 1.20 bits per heavy atom. The maximum atomic E-state index is 4.52. The number of nitrogens with zero attached hydrogens (tertiary/aromatic N) is 5. The van der Waals surface area contributed by atoms with Crippen molar-refractivity contribution in [1.29, 1.82) is 0 Å². The van der Waals surface area contributed by atoms with Crippen LogP contribution in [0.2, 0.25) is 0 Å². The molecule has 1 aliphatic heterocycles. The van der Waals surface area contributed by atoms with Crippen LogP contribution >= 0.6 is 0 Å². The summed E-state index contributed by atoms with van der Waals surface area (Å²) in [5, 5.41) is 8.94. The summed E-state index contributed by atoms with van der Waals surface area (Å²) in [5.74, 6) is 2.67. The maximum Gasteiger partial charge on any atom is 0.146 e. The van der Waals surface area contributed by atoms with E-state index in [0.29, 0.717) is 5.92 Å². The molecule has 1 fully saturated rings. The van der Waals surface area contributed by atoms with Crippen LogP contribution in [0.5, 0.6) is 0 Å². The van der Waals surface area contributed by atoms with E-state index in [1.165, 1.54) is 36.1 Å². The molecule has 5 heteroatoms. The number of rotatable bonds is 5. The van der Waals surface area contributed by atoms with Crippen LogP contribution in [-0.2, 0) is 20.1 Å². The van der Waals surface area contributed by atoms with Crippen LogP contribution in [0.15, 0.2) is 18.2 Å². The van der Waals surface area contributed by atoms with Gasteiger partial charge >= 0.3 is 0 Å². The molecule has 1 unspecified atom stereocenters. The first-order chi connectivity index (χ1) is 11.9. The number of hydrogen-bond donors (Lipinski definition) is 0. The normalized spacial score (nSPS) is 18.9. The zero-order valence-corrected chi connectivity index (χ0v) is 16.3. The molecule has 1 saturated heterocycles. The maximum absolute atomic E-state index is 4.52. The van der Waals surface area contributed by atoms with Crippen molar-refractivity contribution >= 4 is 0 Å². The van der Waals surface area contributed by atoms with Crippen molar-refractivity contribution < 1.29 is 0 Å². The van der Waals surface area contributed by atoms with Crippen LogP contribution in [0.3, 0.4) is 0 Å². The summed E-state index contributed by atoms with van der Waals surface area (Å²) >= 11 is 0. The first kappa shape index (κ1) is 18.1. The van der Waals surface area contributed by atoms with Gasteiger partial charge < -0.3 is 9.47 Å². The molecular weight excluding hydrogens is 310 g/mol. The van der Waals surface area contributed by atoms with E-state index in [2.05, 4.69) is 77.8 Å². The number of benzene rings is 1. The highest BCUT2D eigenvalue weighted by atomic mass is 15.3. The fourth-order valence-corrected chi connectivity index (χ4v) is 3.83. The third-order valence-corrected chi connectivity index (χ3v) is 5.22. The van der Waals surface area contributed by atoms with Crippen molar-refractivity contribution in [3.05, 3.63) is 46.5 Å². The standard InChI is InChI=1S/C20H31N5/c1-15-8-9-17(16(2)11-15)12-25-10-6-7-18(13-25)20-22-21-19(24(20)5)14-23(3)4/h8-9,11,18H,6-7,10,12-14H2,1-5H3. The second-order valence-corrected chi connectivity index (χ2v) is 7.78. The van der Waals surface area contributed by atoms with Crippen molar-refractivity contribution in [2.75, 3.05) is 27.2 Å². The number of aromatic nitrogens is 3. The van der Waals surface area contributed by atoms with Crippen LogP contribution in [0.1, 0.15) is 47.1 Å². The summed E-state index contributed by atoms with van der Waals surface area (Å²) in [4.78, 5) is 4.72. The first-order valence-corrected chi connectivity index (χ1v) is 9.25. The van der Waals surface area contributed by atoms with Gasteiger partial charge in [-0.25, -0.2) is 0 Å². The van der Waals surface area contributed by atoms with Crippen molar-refractivity contribution in [2.45, 2.75) is 45.7 Å². The van der Waals surface area contributed by atoms with Gasteiger partial charge in [0.05, 0.1) is 6.54 Å². The van der Waals surface area contributed by atoms with Gasteiger partial charge in [0.1, 0.15) is 11.6 Å². The highest BCUT2D eigenvalue weighted by Gasteiger charge is 2.26. The molecule has 0 N–H and O–H groups in total. The quantitative estimate of drug-likeness (QED) is 0.838. The minimum absolute atomic E-state index is 0.480. The van der Waals surface area contributed by atoms with Gasteiger partial charge in [-0.15, -0.1) is 10.2 Å². The minimum Gasteiger partial charge on any atom is -0.317 e. The summed E-state index contributed by atoms with van der Waals surface area (Å²) < 4.78 is 2.20. The molecule has 0 bridgehead atoms. The van der Waals surface area contributed by atoms with Crippen molar-refractivity contribution in [2.24, 2.45) is 7.05 Å². The molecule has 5 nitrogen and oxygen atoms in total. The Labute approximate surface area is 151 Å². The molecule has 1 aromatic carbocycles. The monoisotopic (exact) mass is 341 g/mol. The molecule has 1 aliphatic rings. The average Bonchev–Trinajstić information content (AvgIpc) is 2.91. The second kappa shape index (κ2) is 7.67. The van der Waals surface area contributed by atoms with Gasteiger partial charge in [-0.05, 0) is 58.5 Å². The Bertz CT molecular complexity index is 719. The van der Waals surface area contributed by atoms with E-state index in [9.17, 15) is 0 Å². The van der Waals surface area contributed by atoms with E-state index in [4.69, 9.17) is 0 Å². The average molecular weight is 342 g/mol. The predicted molar refractivity (Wildman–Crippen MR) is 102 cm³/mol. The van der Waals surface area contributed by atoms with Crippen LogP contribution in [-0.4, -0.2) is 51.7 Å². The van der Waals surface area contributed by atoms with E-state index in [1.54, 1.807) is 0 Å². The molecule has 25 heavy (non-hydrogen) atoms. The van der Waals surface area contributed by atoms with Crippen molar-refractivity contribution in [3.63, 3.8) is 0 Å². The smallest absolute Gasteiger partial charge is 0.146 e. The lowest BCUT2D eigenvalue weighted by Crippen LogP contribution is -2.35. The van der Waals surface area contributed by atoms with Gasteiger partial charge in [0, 0.05) is 26.1 Å². The summed E-state index contributed by atoms with van der Waals surface area (Å²) in [7, 11) is 6.25. The molecule has 3 rings (SSSR count). The van der Waals surface area contributed by atoms with Crippen LogP contribution in [0.4, 0.5) is 0 Å². The van der Waals surface area contributed by atoms with Gasteiger partial charge in [-0.1, -0.05) is 23.8 Å². The molecule has 1 aromatic heterocycles. The zero-order chi connectivity index (χ0) is 18.0. The third-order valence-electron chi connectivity index (χ3n) is 5.22. The van der Waals surface area contributed by atoms with Crippen LogP contribution < -0.4 is 0 Å². The number of hydrogen-bond acceptors (Lipinski definition) is 4. The predicted octanol–water partition coefficient (Wildman–Crippen LogP) is 2.87. The lowest BCUT2D eigenvalue weighted by molar-refractivity contribution is 0.194. The fraction of sp³-hybridized carbons (Fsp3) is 0.600. The van der Waals surface area contributed by atoms with Gasteiger partial charge in [-0.2, -0.15) is 0 Å². The Balaban J connectivity index is 1.70. The fourth-order valence-electron chi connectivity index (χ4n) is 3.83. The number of likely N-dealkylation sites (tertiary alicyclic amines) is 1. The molecular formula is C20H31N5. The Kier molecular flexibility index (Phi) is 5.54. The minimum atomic E-state index is 0.480. The SMILES string of the molecule is Cc1ccc(CN2CCCC(c3nnc(CN(C)C)n3C)C2)c(C)c1. The highest BCUT2D eigenvalue weighted by molar-refractivity contribution is 5.30. The Hall–Kier alpha value is -1.72. The number of aryl methyl sites for hydroxylation is 2. The van der Waals surface area contributed by atoms with Gasteiger partial charge in [0.2, 0.25) is 0 Å². The van der Waals surface area contributed by atoms with E-state index in [0.717, 1.165) is 31.3 Å². The third kappa shape index (κ3) is 4.28. The van der Waals surface area contributed by atoms with E-state index in [-0.39, 0.29) is 0 Å². The first-order valence-electron chi connectivity index (χ1n) is 9.25. The van der Waals surface area contributed by atoms with Crippen LogP contribution in [0.25, 0.3) is 0 Å². The molecule has 0 amide bonds. The largest absolute Gasteiger partial charge is 0.317 e. The molecule has 2 aromatic rings.